The normalized spacial score (nSPS) is 17.6. The van der Waals surface area contributed by atoms with Crippen LogP contribution in [0.5, 0.6) is 0 Å². The molecule has 0 fully saturated rings. The molecule has 1 aromatic heterocycles. The van der Waals surface area contributed by atoms with Crippen molar-refractivity contribution in [3.63, 3.8) is 0 Å². The molecule has 3 nitrogen and oxygen atoms in total. The Balaban J connectivity index is 1.83. The van der Waals surface area contributed by atoms with E-state index in [9.17, 15) is 4.79 Å². The Bertz CT molecular complexity index is 690. The Labute approximate surface area is 135 Å². The van der Waals surface area contributed by atoms with Crippen LogP contribution in [0.25, 0.3) is 0 Å². The Morgan fingerprint density at radius 3 is 2.77 bits per heavy atom. The molecule has 2 heterocycles. The van der Waals surface area contributed by atoms with Gasteiger partial charge in [-0.1, -0.05) is 37.3 Å². The summed E-state index contributed by atoms with van der Waals surface area (Å²) in [6.07, 6.45) is 2.18. The lowest BCUT2D eigenvalue weighted by Gasteiger charge is -2.21. The number of hydrogen-bond acceptors (Lipinski definition) is 3. The van der Waals surface area contributed by atoms with Gasteiger partial charge < -0.3 is 0 Å². The van der Waals surface area contributed by atoms with Crippen molar-refractivity contribution in [1.82, 2.24) is 5.01 Å². The number of benzene rings is 1. The lowest BCUT2D eigenvalue weighted by Crippen LogP contribution is -2.33. The molecule has 1 aromatic carbocycles. The van der Waals surface area contributed by atoms with E-state index < -0.39 is 0 Å². The molecule has 1 aliphatic rings. The SMILES string of the molecule is CCC(=O)N1N=C(c2cc(C)cs2)CC1Cc1ccccc1. The van der Waals surface area contributed by atoms with E-state index in [1.165, 1.54) is 16.0 Å². The molecule has 1 unspecified atom stereocenters. The number of hydrazone groups is 1. The van der Waals surface area contributed by atoms with Gasteiger partial charge in [0.1, 0.15) is 0 Å². The zero-order chi connectivity index (χ0) is 15.5. The highest BCUT2D eigenvalue weighted by molar-refractivity contribution is 7.12. The number of rotatable bonds is 4. The van der Waals surface area contributed by atoms with Gasteiger partial charge in [-0.2, -0.15) is 5.10 Å². The molecule has 0 aliphatic carbocycles. The zero-order valence-electron chi connectivity index (χ0n) is 13.0. The molecule has 22 heavy (non-hydrogen) atoms. The molecule has 1 aliphatic heterocycles. The molecule has 114 valence electrons. The van der Waals surface area contributed by atoms with Crippen molar-refractivity contribution in [2.45, 2.75) is 39.2 Å². The quantitative estimate of drug-likeness (QED) is 0.839. The molecule has 0 saturated carbocycles. The molecule has 0 radical (unpaired) electrons. The molecule has 0 saturated heterocycles. The third-order valence-electron chi connectivity index (χ3n) is 3.89. The summed E-state index contributed by atoms with van der Waals surface area (Å²) in [6.45, 7) is 3.98. The number of aryl methyl sites for hydroxylation is 1. The van der Waals surface area contributed by atoms with Gasteiger partial charge in [-0.15, -0.1) is 11.3 Å². The second-order valence-corrected chi connectivity index (χ2v) is 6.59. The van der Waals surface area contributed by atoms with Gasteiger partial charge in [0, 0.05) is 12.8 Å². The van der Waals surface area contributed by atoms with E-state index in [2.05, 4.69) is 35.6 Å². The predicted molar refractivity (Wildman–Crippen MR) is 91.3 cm³/mol. The highest BCUT2D eigenvalue weighted by atomic mass is 32.1. The van der Waals surface area contributed by atoms with E-state index in [-0.39, 0.29) is 11.9 Å². The first-order chi connectivity index (χ1) is 10.7. The van der Waals surface area contributed by atoms with Gasteiger partial charge in [0.2, 0.25) is 5.91 Å². The fraction of sp³-hybridized carbons (Fsp3) is 0.333. The Morgan fingerprint density at radius 1 is 1.36 bits per heavy atom. The summed E-state index contributed by atoms with van der Waals surface area (Å²) < 4.78 is 0. The standard InChI is InChI=1S/C18H20N2OS/c1-3-18(21)20-15(10-14-7-5-4-6-8-14)11-16(19-20)17-9-13(2)12-22-17/h4-9,12,15H,3,10-11H2,1-2H3. The maximum absolute atomic E-state index is 12.2. The second-order valence-electron chi connectivity index (χ2n) is 5.67. The van der Waals surface area contributed by atoms with Crippen LogP contribution in [0, 0.1) is 6.92 Å². The molecule has 2 aromatic rings. The van der Waals surface area contributed by atoms with Crippen molar-refractivity contribution in [3.05, 3.63) is 57.8 Å². The number of carbonyl (C=O) groups excluding carboxylic acids is 1. The first-order valence-corrected chi connectivity index (χ1v) is 8.54. The van der Waals surface area contributed by atoms with Crippen LogP contribution in [0.2, 0.25) is 0 Å². The van der Waals surface area contributed by atoms with Crippen LogP contribution in [0.15, 0.2) is 46.9 Å². The number of thiophene rings is 1. The zero-order valence-corrected chi connectivity index (χ0v) is 13.8. The van der Waals surface area contributed by atoms with E-state index >= 15 is 0 Å². The summed E-state index contributed by atoms with van der Waals surface area (Å²) in [6, 6.07) is 12.6. The summed E-state index contributed by atoms with van der Waals surface area (Å²) in [5.74, 6) is 0.101. The predicted octanol–water partition coefficient (Wildman–Crippen LogP) is 4.01. The smallest absolute Gasteiger partial charge is 0.242 e. The molecule has 0 bridgehead atoms. The van der Waals surface area contributed by atoms with Crippen LogP contribution < -0.4 is 0 Å². The largest absolute Gasteiger partial charge is 0.273 e. The molecule has 4 heteroatoms. The minimum atomic E-state index is 0.101. The summed E-state index contributed by atoms with van der Waals surface area (Å²) >= 11 is 1.71. The van der Waals surface area contributed by atoms with Crippen molar-refractivity contribution in [2.24, 2.45) is 5.10 Å². The Hall–Kier alpha value is -1.94. The molecule has 0 N–H and O–H groups in total. The lowest BCUT2D eigenvalue weighted by molar-refractivity contribution is -0.132. The van der Waals surface area contributed by atoms with Crippen molar-refractivity contribution in [1.29, 1.82) is 0 Å². The minimum absolute atomic E-state index is 0.101. The van der Waals surface area contributed by atoms with Gasteiger partial charge in [0.15, 0.2) is 0 Å². The minimum Gasteiger partial charge on any atom is -0.273 e. The third kappa shape index (κ3) is 3.12. The topological polar surface area (TPSA) is 32.7 Å². The van der Waals surface area contributed by atoms with Gasteiger partial charge in [0.25, 0.3) is 0 Å². The van der Waals surface area contributed by atoms with Gasteiger partial charge in [0.05, 0.1) is 16.6 Å². The second kappa shape index (κ2) is 6.44. The van der Waals surface area contributed by atoms with Crippen molar-refractivity contribution in [2.75, 3.05) is 0 Å². The van der Waals surface area contributed by atoms with Gasteiger partial charge in [-0.3, -0.25) is 4.79 Å². The number of carbonyl (C=O) groups is 1. The number of amides is 1. The van der Waals surface area contributed by atoms with Crippen LogP contribution >= 0.6 is 11.3 Å². The van der Waals surface area contributed by atoms with Gasteiger partial charge in [-0.05, 0) is 35.9 Å². The van der Waals surface area contributed by atoms with Crippen LogP contribution in [-0.4, -0.2) is 22.7 Å². The van der Waals surface area contributed by atoms with Crippen molar-refractivity contribution >= 4 is 23.0 Å². The van der Waals surface area contributed by atoms with Crippen LogP contribution in [0.1, 0.15) is 35.8 Å². The summed E-state index contributed by atoms with van der Waals surface area (Å²) in [7, 11) is 0. The molecular weight excluding hydrogens is 292 g/mol. The summed E-state index contributed by atoms with van der Waals surface area (Å²) in [5.41, 5.74) is 3.55. The van der Waals surface area contributed by atoms with Crippen molar-refractivity contribution in [3.8, 4) is 0 Å². The Kier molecular flexibility index (Phi) is 4.39. The summed E-state index contributed by atoms with van der Waals surface area (Å²) in [5, 5.41) is 8.47. The van der Waals surface area contributed by atoms with Crippen LogP contribution in [0.3, 0.4) is 0 Å². The first-order valence-electron chi connectivity index (χ1n) is 7.66. The average molecular weight is 312 g/mol. The monoisotopic (exact) mass is 312 g/mol. The van der Waals surface area contributed by atoms with Gasteiger partial charge >= 0.3 is 0 Å². The van der Waals surface area contributed by atoms with Gasteiger partial charge in [-0.25, -0.2) is 5.01 Å². The van der Waals surface area contributed by atoms with Crippen LogP contribution in [-0.2, 0) is 11.2 Å². The molecule has 1 atom stereocenters. The van der Waals surface area contributed by atoms with E-state index in [1.807, 2.05) is 25.1 Å². The molecule has 1 amide bonds. The fourth-order valence-corrected chi connectivity index (χ4v) is 3.66. The van der Waals surface area contributed by atoms with Crippen LogP contribution in [0.4, 0.5) is 0 Å². The highest BCUT2D eigenvalue weighted by Crippen LogP contribution is 2.26. The van der Waals surface area contributed by atoms with E-state index in [0.717, 1.165) is 18.6 Å². The highest BCUT2D eigenvalue weighted by Gasteiger charge is 2.31. The maximum Gasteiger partial charge on any atom is 0.242 e. The van der Waals surface area contributed by atoms with E-state index in [4.69, 9.17) is 0 Å². The molecule has 3 rings (SSSR count). The fourth-order valence-electron chi connectivity index (χ4n) is 2.76. The third-order valence-corrected chi connectivity index (χ3v) is 4.99. The van der Waals surface area contributed by atoms with Crippen molar-refractivity contribution < 1.29 is 4.79 Å². The first kappa shape index (κ1) is 15.0. The molecular formula is C18H20N2OS. The number of nitrogens with zero attached hydrogens (tertiary/aromatic N) is 2. The summed E-state index contributed by atoms with van der Waals surface area (Å²) in [4.78, 5) is 13.4. The maximum atomic E-state index is 12.2. The van der Waals surface area contributed by atoms with E-state index in [1.54, 1.807) is 16.3 Å². The number of hydrogen-bond donors (Lipinski definition) is 0. The Morgan fingerprint density at radius 2 is 2.14 bits per heavy atom. The van der Waals surface area contributed by atoms with E-state index in [0.29, 0.717) is 6.42 Å². The lowest BCUT2D eigenvalue weighted by atomic mass is 10.0. The molecule has 0 spiro atoms. The average Bonchev–Trinajstić information content (AvgIpc) is 3.14.